The molecule has 4 atom stereocenters. The minimum Gasteiger partial charge on any atom is -0.496 e. The summed E-state index contributed by atoms with van der Waals surface area (Å²) in [6, 6.07) is 5.25. The van der Waals surface area contributed by atoms with Gasteiger partial charge in [-0.05, 0) is 38.0 Å². The Labute approximate surface area is 189 Å². The topological polar surface area (TPSA) is 101 Å². The average Bonchev–Trinajstić information content (AvgIpc) is 3.02. The van der Waals surface area contributed by atoms with Crippen LogP contribution in [0.25, 0.3) is 0 Å². The summed E-state index contributed by atoms with van der Waals surface area (Å²) in [6.45, 7) is 4.90. The lowest BCUT2D eigenvalue weighted by atomic mass is 9.77. The molecule has 0 aliphatic carbocycles. The zero-order valence-electron chi connectivity index (χ0n) is 18.7. The number of hydrogen-bond acceptors (Lipinski definition) is 6. The Morgan fingerprint density at radius 2 is 2.00 bits per heavy atom. The van der Waals surface area contributed by atoms with Crippen molar-refractivity contribution in [1.82, 2.24) is 4.98 Å². The number of aliphatic hydroxyl groups excluding tert-OH is 2. The summed E-state index contributed by atoms with van der Waals surface area (Å²) in [6.07, 6.45) is -4.01. The first kappa shape index (κ1) is 24.9. The van der Waals surface area contributed by atoms with Crippen LogP contribution in [-0.2, 0) is 9.53 Å². The van der Waals surface area contributed by atoms with Crippen molar-refractivity contribution in [3.63, 3.8) is 0 Å². The fraction of sp³-hybridized carbons (Fsp3) is 0.478. The quantitative estimate of drug-likeness (QED) is 0.573. The van der Waals surface area contributed by atoms with E-state index >= 15 is 0 Å². The van der Waals surface area contributed by atoms with E-state index in [0.29, 0.717) is 5.69 Å². The van der Waals surface area contributed by atoms with Crippen LogP contribution in [0.1, 0.15) is 56.0 Å². The number of carbonyl (C=O) groups excluding carboxylic acids is 1. The van der Waals surface area contributed by atoms with Crippen molar-refractivity contribution < 1.29 is 37.7 Å². The van der Waals surface area contributed by atoms with Crippen molar-refractivity contribution in [3.05, 3.63) is 53.1 Å². The van der Waals surface area contributed by atoms with Gasteiger partial charge in [-0.1, -0.05) is 13.0 Å². The molecule has 33 heavy (non-hydrogen) atoms. The molecule has 0 unspecified atom stereocenters. The molecule has 0 radical (unpaired) electrons. The van der Waals surface area contributed by atoms with Gasteiger partial charge >= 0.3 is 0 Å². The van der Waals surface area contributed by atoms with Crippen LogP contribution in [0.2, 0.25) is 0 Å². The molecule has 3 N–H and O–H groups in total. The van der Waals surface area contributed by atoms with Crippen molar-refractivity contribution in [2.24, 2.45) is 5.92 Å². The van der Waals surface area contributed by atoms with E-state index in [2.05, 4.69) is 10.3 Å². The Kier molecular flexibility index (Phi) is 7.30. The number of hydrogen-bond donors (Lipinski definition) is 3. The molecule has 1 saturated heterocycles. The van der Waals surface area contributed by atoms with E-state index in [1.165, 1.54) is 31.5 Å². The molecule has 1 fully saturated rings. The number of halogens is 3. The third kappa shape index (κ3) is 4.83. The first-order chi connectivity index (χ1) is 15.5. The second kappa shape index (κ2) is 9.66. The molecule has 0 spiro atoms. The predicted molar refractivity (Wildman–Crippen MR) is 114 cm³/mol. The third-order valence-corrected chi connectivity index (χ3v) is 6.17. The Morgan fingerprint density at radius 3 is 2.55 bits per heavy atom. The molecule has 1 aromatic carbocycles. The van der Waals surface area contributed by atoms with Crippen molar-refractivity contribution in [3.8, 4) is 5.75 Å². The van der Waals surface area contributed by atoms with E-state index in [-0.39, 0.29) is 22.9 Å². The monoisotopic (exact) mass is 468 g/mol. The zero-order valence-corrected chi connectivity index (χ0v) is 18.7. The second-order valence-electron chi connectivity index (χ2n) is 8.50. The van der Waals surface area contributed by atoms with Crippen molar-refractivity contribution in [1.29, 1.82) is 0 Å². The molecule has 2 aromatic rings. The van der Waals surface area contributed by atoms with E-state index in [4.69, 9.17) is 14.6 Å². The Bertz CT molecular complexity index is 1000. The van der Waals surface area contributed by atoms with Crippen LogP contribution in [0.3, 0.4) is 0 Å². The number of nitrogens with zero attached hydrogens (tertiary/aromatic N) is 1. The summed E-state index contributed by atoms with van der Waals surface area (Å²) in [7, 11) is 1.18. The number of aromatic nitrogens is 1. The Balaban J connectivity index is 1.96. The molecule has 0 bridgehead atoms. The minimum absolute atomic E-state index is 0.232. The number of pyridine rings is 1. The molecule has 7 nitrogen and oxygen atoms in total. The number of carbonyl (C=O) groups is 1. The van der Waals surface area contributed by atoms with Gasteiger partial charge in [0, 0.05) is 11.5 Å². The van der Waals surface area contributed by atoms with Gasteiger partial charge in [-0.15, -0.1) is 0 Å². The molecule has 180 valence electrons. The average molecular weight is 468 g/mol. The SMILES string of the molecule is COc1c([C@H]2[C@H](C(=O)Nc3ccc([C@@H](O)CO)nc3)OC(C)(C)[C@H]2C)ccc(F)c1C(F)F. The lowest BCUT2D eigenvalue weighted by molar-refractivity contribution is -0.131. The number of nitrogens with one attached hydrogen (secondary N) is 1. The van der Waals surface area contributed by atoms with E-state index < -0.39 is 54.0 Å². The summed E-state index contributed by atoms with van der Waals surface area (Å²) in [5.41, 5.74) is -0.839. The predicted octanol–water partition coefficient (Wildman–Crippen LogP) is 3.73. The first-order valence-electron chi connectivity index (χ1n) is 10.4. The zero-order chi connectivity index (χ0) is 24.5. The summed E-state index contributed by atoms with van der Waals surface area (Å²) in [4.78, 5) is 17.2. The summed E-state index contributed by atoms with van der Waals surface area (Å²) in [5.74, 6) is -2.94. The van der Waals surface area contributed by atoms with Gasteiger partial charge in [-0.25, -0.2) is 13.2 Å². The number of anilines is 1. The van der Waals surface area contributed by atoms with Crippen LogP contribution >= 0.6 is 0 Å². The van der Waals surface area contributed by atoms with Crippen molar-refractivity contribution in [2.75, 3.05) is 19.0 Å². The summed E-state index contributed by atoms with van der Waals surface area (Å²) < 4.78 is 52.5. The first-order valence-corrected chi connectivity index (χ1v) is 10.4. The highest BCUT2D eigenvalue weighted by molar-refractivity contribution is 5.95. The summed E-state index contributed by atoms with van der Waals surface area (Å²) in [5, 5.41) is 21.3. The van der Waals surface area contributed by atoms with E-state index in [1.807, 2.05) is 6.92 Å². The molecule has 1 amide bonds. The van der Waals surface area contributed by atoms with Crippen LogP contribution in [-0.4, -0.2) is 46.5 Å². The van der Waals surface area contributed by atoms with Gasteiger partial charge in [0.15, 0.2) is 0 Å². The maximum Gasteiger partial charge on any atom is 0.270 e. The smallest absolute Gasteiger partial charge is 0.270 e. The highest BCUT2D eigenvalue weighted by Gasteiger charge is 2.51. The molecule has 1 aliphatic heterocycles. The highest BCUT2D eigenvalue weighted by Crippen LogP contribution is 2.50. The summed E-state index contributed by atoms with van der Waals surface area (Å²) >= 11 is 0. The molecule has 2 heterocycles. The van der Waals surface area contributed by atoms with Crippen LogP contribution in [0.5, 0.6) is 5.75 Å². The lowest BCUT2D eigenvalue weighted by Gasteiger charge is -2.26. The Hall–Kier alpha value is -2.69. The highest BCUT2D eigenvalue weighted by atomic mass is 19.3. The number of rotatable bonds is 7. The maximum absolute atomic E-state index is 14.2. The lowest BCUT2D eigenvalue weighted by Crippen LogP contribution is -2.33. The van der Waals surface area contributed by atoms with Gasteiger partial charge in [0.1, 0.15) is 23.8 Å². The van der Waals surface area contributed by atoms with Crippen LogP contribution in [0, 0.1) is 11.7 Å². The fourth-order valence-corrected chi connectivity index (χ4v) is 4.12. The van der Waals surface area contributed by atoms with E-state index in [0.717, 1.165) is 6.07 Å². The fourth-order valence-electron chi connectivity index (χ4n) is 4.12. The molecule has 3 rings (SSSR count). The van der Waals surface area contributed by atoms with Gasteiger partial charge in [0.2, 0.25) is 0 Å². The molecule has 1 aliphatic rings. The third-order valence-electron chi connectivity index (χ3n) is 6.17. The van der Waals surface area contributed by atoms with Crippen LogP contribution in [0.15, 0.2) is 30.5 Å². The molecule has 1 aromatic heterocycles. The number of benzene rings is 1. The number of alkyl halides is 2. The van der Waals surface area contributed by atoms with Crippen LogP contribution < -0.4 is 10.1 Å². The minimum atomic E-state index is -3.10. The number of ether oxygens (including phenoxy) is 2. The van der Waals surface area contributed by atoms with Gasteiger partial charge in [-0.2, -0.15) is 0 Å². The maximum atomic E-state index is 14.2. The largest absolute Gasteiger partial charge is 0.496 e. The van der Waals surface area contributed by atoms with E-state index in [9.17, 15) is 23.1 Å². The standard InChI is InChI=1S/C23H27F3N2O5/c1-11-17(13-6-7-14(24)18(21(25)26)19(13)32-4)20(33-23(11,2)3)22(31)28-12-5-8-15(27-9-12)16(30)10-29/h5-9,11,16-17,20-21,29-30H,10H2,1-4H3,(H,28,31)/t11-,16-,17-,20+/m0/s1. The van der Waals surface area contributed by atoms with E-state index in [1.54, 1.807) is 13.8 Å². The second-order valence-corrected chi connectivity index (χ2v) is 8.50. The van der Waals surface area contributed by atoms with Crippen molar-refractivity contribution in [2.45, 2.75) is 50.9 Å². The van der Waals surface area contributed by atoms with Gasteiger partial charge in [0.25, 0.3) is 12.3 Å². The molecule has 0 saturated carbocycles. The van der Waals surface area contributed by atoms with Gasteiger partial charge in [-0.3, -0.25) is 9.78 Å². The van der Waals surface area contributed by atoms with Gasteiger partial charge < -0.3 is 25.0 Å². The van der Waals surface area contributed by atoms with Crippen LogP contribution in [0.4, 0.5) is 18.9 Å². The number of methoxy groups -OCH3 is 1. The normalized spacial score (nSPS) is 22.9. The molecular formula is C23H27F3N2O5. The molecular weight excluding hydrogens is 441 g/mol. The van der Waals surface area contributed by atoms with Crippen molar-refractivity contribution >= 4 is 11.6 Å². The number of amides is 1. The Morgan fingerprint density at radius 1 is 1.30 bits per heavy atom. The number of aliphatic hydroxyl groups is 2. The van der Waals surface area contributed by atoms with Gasteiger partial charge in [0.05, 0.1) is 42.5 Å². The molecule has 10 heteroatoms.